The van der Waals surface area contributed by atoms with Gasteiger partial charge in [-0.05, 0) is 72.8 Å². The molecule has 2 heterocycles. The molecule has 214 valence electrons. The number of aliphatic carboxylic acids is 1. The first kappa shape index (κ1) is 30.6. The van der Waals surface area contributed by atoms with E-state index < -0.39 is 11.9 Å². The number of fused-ring (bicyclic) bond motifs is 1. The van der Waals surface area contributed by atoms with E-state index in [1.807, 2.05) is 23.1 Å². The van der Waals surface area contributed by atoms with Gasteiger partial charge in [-0.15, -0.1) is 0 Å². The SMILES string of the molecule is CCCCN(C(=O)CCCC[C@H](c1ccc2c(c1)CCO2)[C@H](C(=O)O)[C@@H](C)C[C@H](C)CCC)c1cccnc1. The Morgan fingerprint density at radius 1 is 1.08 bits per heavy atom. The van der Waals surface area contributed by atoms with Crippen LogP contribution in [0.4, 0.5) is 5.69 Å². The Balaban J connectivity index is 1.73. The molecule has 6 nitrogen and oxygen atoms in total. The summed E-state index contributed by atoms with van der Waals surface area (Å²) in [5.74, 6) is 0.321. The van der Waals surface area contributed by atoms with Crippen molar-refractivity contribution in [3.63, 3.8) is 0 Å². The molecule has 0 saturated heterocycles. The van der Waals surface area contributed by atoms with Crippen molar-refractivity contribution in [3.8, 4) is 5.75 Å². The van der Waals surface area contributed by atoms with Crippen molar-refractivity contribution >= 4 is 17.6 Å². The molecule has 39 heavy (non-hydrogen) atoms. The summed E-state index contributed by atoms with van der Waals surface area (Å²) in [6, 6.07) is 10.0. The number of carboxylic acids is 1. The van der Waals surface area contributed by atoms with Gasteiger partial charge in [-0.3, -0.25) is 14.6 Å². The van der Waals surface area contributed by atoms with Crippen molar-refractivity contribution < 1.29 is 19.4 Å². The van der Waals surface area contributed by atoms with Crippen LogP contribution in [0.1, 0.15) is 103 Å². The fraction of sp³-hybridized carbons (Fsp3) is 0.606. The second-order valence-corrected chi connectivity index (χ2v) is 11.4. The minimum absolute atomic E-state index is 0.0651. The van der Waals surface area contributed by atoms with E-state index in [1.54, 1.807) is 12.4 Å². The molecule has 6 heteroatoms. The van der Waals surface area contributed by atoms with Crippen LogP contribution in [0.15, 0.2) is 42.7 Å². The van der Waals surface area contributed by atoms with Crippen molar-refractivity contribution in [2.24, 2.45) is 17.8 Å². The summed E-state index contributed by atoms with van der Waals surface area (Å²) < 4.78 is 5.72. The van der Waals surface area contributed by atoms with E-state index in [9.17, 15) is 14.7 Å². The lowest BCUT2D eigenvalue weighted by molar-refractivity contribution is -0.145. The fourth-order valence-corrected chi connectivity index (χ4v) is 6.20. The van der Waals surface area contributed by atoms with Gasteiger partial charge in [0.25, 0.3) is 0 Å². The van der Waals surface area contributed by atoms with Gasteiger partial charge in [0.1, 0.15) is 5.75 Å². The highest BCUT2D eigenvalue weighted by molar-refractivity contribution is 5.93. The Morgan fingerprint density at radius 2 is 1.90 bits per heavy atom. The third-order valence-corrected chi connectivity index (χ3v) is 8.18. The quantitative estimate of drug-likeness (QED) is 0.210. The highest BCUT2D eigenvalue weighted by Crippen LogP contribution is 2.40. The minimum atomic E-state index is -0.716. The summed E-state index contributed by atoms with van der Waals surface area (Å²) in [5.41, 5.74) is 3.11. The van der Waals surface area contributed by atoms with Crippen molar-refractivity contribution in [3.05, 3.63) is 53.9 Å². The Morgan fingerprint density at radius 3 is 2.59 bits per heavy atom. The average Bonchev–Trinajstić information content (AvgIpc) is 3.39. The lowest BCUT2D eigenvalue weighted by atomic mass is 9.73. The summed E-state index contributed by atoms with van der Waals surface area (Å²) in [5, 5.41) is 10.4. The van der Waals surface area contributed by atoms with Crippen LogP contribution in [0.2, 0.25) is 0 Å². The van der Waals surface area contributed by atoms with Crippen LogP contribution in [0.5, 0.6) is 5.75 Å². The maximum atomic E-state index is 13.2. The van der Waals surface area contributed by atoms with E-state index >= 15 is 0 Å². The number of anilines is 1. The van der Waals surface area contributed by atoms with Gasteiger partial charge in [-0.1, -0.05) is 65.5 Å². The minimum Gasteiger partial charge on any atom is -0.493 e. The van der Waals surface area contributed by atoms with Crippen LogP contribution in [0.25, 0.3) is 0 Å². The molecule has 1 aromatic carbocycles. The number of rotatable bonds is 17. The van der Waals surface area contributed by atoms with Gasteiger partial charge in [-0.2, -0.15) is 0 Å². The molecule has 0 fully saturated rings. The molecule has 2 aromatic rings. The summed E-state index contributed by atoms with van der Waals surface area (Å²) in [6.07, 6.45) is 12.2. The largest absolute Gasteiger partial charge is 0.493 e. The molecule has 0 bridgehead atoms. The molecule has 0 unspecified atom stereocenters. The molecule has 1 amide bonds. The second-order valence-electron chi connectivity index (χ2n) is 11.4. The maximum Gasteiger partial charge on any atom is 0.307 e. The number of pyridine rings is 1. The molecule has 4 atom stereocenters. The lowest BCUT2D eigenvalue weighted by Crippen LogP contribution is -2.32. The number of nitrogens with zero attached hydrogens (tertiary/aromatic N) is 2. The van der Waals surface area contributed by atoms with Crippen LogP contribution >= 0.6 is 0 Å². The number of aromatic nitrogens is 1. The molecular formula is C33H48N2O4. The smallest absolute Gasteiger partial charge is 0.307 e. The lowest BCUT2D eigenvalue weighted by Gasteiger charge is -2.31. The zero-order valence-electron chi connectivity index (χ0n) is 24.4. The molecule has 1 aromatic heterocycles. The molecule has 3 rings (SSSR count). The van der Waals surface area contributed by atoms with Gasteiger partial charge >= 0.3 is 5.97 Å². The van der Waals surface area contributed by atoms with Crippen molar-refractivity contribution in [2.45, 2.75) is 97.8 Å². The Labute approximate surface area is 235 Å². The van der Waals surface area contributed by atoms with Gasteiger partial charge in [0, 0.05) is 25.6 Å². The first-order valence-electron chi connectivity index (χ1n) is 15.0. The van der Waals surface area contributed by atoms with E-state index in [1.165, 1.54) is 5.56 Å². The van der Waals surface area contributed by atoms with Crippen molar-refractivity contribution in [2.75, 3.05) is 18.1 Å². The van der Waals surface area contributed by atoms with Gasteiger partial charge in [0.2, 0.25) is 5.91 Å². The fourth-order valence-electron chi connectivity index (χ4n) is 6.20. The zero-order chi connectivity index (χ0) is 28.2. The highest BCUT2D eigenvalue weighted by Gasteiger charge is 2.35. The second kappa shape index (κ2) is 15.6. The number of benzene rings is 1. The molecule has 0 radical (unpaired) electrons. The van der Waals surface area contributed by atoms with Crippen molar-refractivity contribution in [1.29, 1.82) is 0 Å². The molecule has 1 aliphatic heterocycles. The number of carbonyl (C=O) groups is 2. The normalized spacial score (nSPS) is 15.6. The number of carboxylic acid groups (broad SMARTS) is 1. The van der Waals surface area contributed by atoms with E-state index in [2.05, 4.69) is 44.8 Å². The van der Waals surface area contributed by atoms with Crippen LogP contribution < -0.4 is 9.64 Å². The number of ether oxygens (including phenoxy) is 1. The first-order valence-corrected chi connectivity index (χ1v) is 15.0. The standard InChI is InChI=1S/C33H48N2O4/c1-5-7-19-35(28-12-10-18-34-23-28)31(36)14-9-8-13-29(26-15-16-30-27(22-26)17-20-39-30)32(33(37)38)25(4)21-24(3)11-6-2/h10,12,15-16,18,22-25,29,32H,5-9,11,13-14,17,19-21H2,1-4H3,(H,37,38)/t24-,25+,29-,32-/m1/s1. The number of hydrogen-bond donors (Lipinski definition) is 1. The number of amides is 1. The van der Waals surface area contributed by atoms with Crippen LogP contribution in [-0.4, -0.2) is 35.1 Å². The van der Waals surface area contributed by atoms with Crippen LogP contribution in [-0.2, 0) is 16.0 Å². The summed E-state index contributed by atoms with van der Waals surface area (Å²) in [6.45, 7) is 10.0. The Hall–Kier alpha value is -2.89. The van der Waals surface area contributed by atoms with E-state index in [-0.39, 0.29) is 17.7 Å². The van der Waals surface area contributed by atoms with Gasteiger partial charge in [0.05, 0.1) is 24.4 Å². The van der Waals surface area contributed by atoms with E-state index in [0.717, 1.165) is 74.8 Å². The molecular weight excluding hydrogens is 488 g/mol. The average molecular weight is 537 g/mol. The molecule has 0 saturated carbocycles. The highest BCUT2D eigenvalue weighted by atomic mass is 16.5. The molecule has 0 aliphatic carbocycles. The maximum absolute atomic E-state index is 13.2. The van der Waals surface area contributed by atoms with E-state index in [0.29, 0.717) is 25.5 Å². The Kier molecular flexibility index (Phi) is 12.3. The number of unbranched alkanes of at least 4 members (excludes halogenated alkanes) is 2. The molecule has 1 N–H and O–H groups in total. The monoisotopic (exact) mass is 536 g/mol. The first-order chi connectivity index (χ1) is 18.8. The third-order valence-electron chi connectivity index (χ3n) is 8.18. The van der Waals surface area contributed by atoms with Crippen LogP contribution in [0, 0.1) is 17.8 Å². The Bertz CT molecular complexity index is 1040. The number of carbonyl (C=O) groups excluding carboxylic acids is 1. The predicted octanol–water partition coefficient (Wildman–Crippen LogP) is 7.66. The third kappa shape index (κ3) is 8.81. The topological polar surface area (TPSA) is 79.7 Å². The van der Waals surface area contributed by atoms with E-state index in [4.69, 9.17) is 4.74 Å². The van der Waals surface area contributed by atoms with Gasteiger partial charge in [-0.25, -0.2) is 0 Å². The molecule has 1 aliphatic rings. The van der Waals surface area contributed by atoms with Crippen molar-refractivity contribution in [1.82, 2.24) is 4.98 Å². The van der Waals surface area contributed by atoms with Gasteiger partial charge < -0.3 is 14.7 Å². The number of hydrogen-bond acceptors (Lipinski definition) is 4. The summed E-state index contributed by atoms with van der Waals surface area (Å²) in [4.78, 5) is 32.0. The van der Waals surface area contributed by atoms with Crippen LogP contribution in [0.3, 0.4) is 0 Å². The molecule has 0 spiro atoms. The van der Waals surface area contributed by atoms with Gasteiger partial charge in [0.15, 0.2) is 0 Å². The zero-order valence-corrected chi connectivity index (χ0v) is 24.4. The summed E-state index contributed by atoms with van der Waals surface area (Å²) >= 11 is 0. The predicted molar refractivity (Wildman–Crippen MR) is 157 cm³/mol. The summed E-state index contributed by atoms with van der Waals surface area (Å²) in [7, 11) is 0.